The van der Waals surface area contributed by atoms with Gasteiger partial charge in [0.1, 0.15) is 5.75 Å². The summed E-state index contributed by atoms with van der Waals surface area (Å²) >= 11 is 0. The maximum atomic E-state index is 12.3. The van der Waals surface area contributed by atoms with Crippen LogP contribution in [-0.2, 0) is 0 Å². The molecule has 0 radical (unpaired) electrons. The van der Waals surface area contributed by atoms with E-state index < -0.39 is 0 Å². The van der Waals surface area contributed by atoms with Gasteiger partial charge in [-0.05, 0) is 31.0 Å². The summed E-state index contributed by atoms with van der Waals surface area (Å²) in [6.07, 6.45) is 3.76. The molecule has 1 amide bonds. The molecule has 4 heteroatoms. The molecule has 4 nitrogen and oxygen atoms in total. The normalized spacial score (nSPS) is 14.4. The van der Waals surface area contributed by atoms with Crippen molar-refractivity contribution < 1.29 is 9.90 Å². The molecule has 0 atom stereocenters. The van der Waals surface area contributed by atoms with Gasteiger partial charge in [0.15, 0.2) is 0 Å². The third kappa shape index (κ3) is 2.41. The van der Waals surface area contributed by atoms with E-state index in [1.165, 1.54) is 12.1 Å². The van der Waals surface area contributed by atoms with E-state index in [0.717, 1.165) is 12.8 Å². The van der Waals surface area contributed by atoms with Gasteiger partial charge in [0.2, 0.25) is 0 Å². The van der Waals surface area contributed by atoms with Gasteiger partial charge in [0.25, 0.3) is 5.91 Å². The SMILES string of the molecule is C=CCN(C(=O)c1cc(O)ccc1N)C1CC1. The number of phenols is 1. The summed E-state index contributed by atoms with van der Waals surface area (Å²) in [6.45, 7) is 4.16. The summed E-state index contributed by atoms with van der Waals surface area (Å²) in [6, 6.07) is 4.72. The highest BCUT2D eigenvalue weighted by molar-refractivity contribution is 6.00. The van der Waals surface area contributed by atoms with E-state index in [2.05, 4.69) is 6.58 Å². The fourth-order valence-corrected chi connectivity index (χ4v) is 1.81. The van der Waals surface area contributed by atoms with Gasteiger partial charge >= 0.3 is 0 Å². The van der Waals surface area contributed by atoms with E-state index in [1.807, 2.05) is 0 Å². The molecule has 0 spiro atoms. The zero-order valence-electron chi connectivity index (χ0n) is 9.60. The monoisotopic (exact) mass is 232 g/mol. The summed E-state index contributed by atoms with van der Waals surface area (Å²) in [7, 11) is 0. The molecular formula is C13H16N2O2. The molecule has 1 saturated carbocycles. The Morgan fingerprint density at radius 1 is 1.59 bits per heavy atom. The van der Waals surface area contributed by atoms with Gasteiger partial charge in [0, 0.05) is 18.3 Å². The van der Waals surface area contributed by atoms with Crippen LogP contribution in [0.3, 0.4) is 0 Å². The zero-order valence-corrected chi connectivity index (χ0v) is 9.60. The smallest absolute Gasteiger partial charge is 0.256 e. The lowest BCUT2D eigenvalue weighted by Gasteiger charge is -2.21. The van der Waals surface area contributed by atoms with Crippen molar-refractivity contribution in [2.45, 2.75) is 18.9 Å². The lowest BCUT2D eigenvalue weighted by Crippen LogP contribution is -2.33. The lowest BCUT2D eigenvalue weighted by atomic mass is 10.1. The number of nitrogen functional groups attached to an aromatic ring is 1. The Morgan fingerprint density at radius 3 is 2.88 bits per heavy atom. The molecule has 1 aromatic rings. The summed E-state index contributed by atoms with van der Waals surface area (Å²) in [5, 5.41) is 9.41. The van der Waals surface area contributed by atoms with Gasteiger partial charge in [-0.15, -0.1) is 6.58 Å². The number of phenolic OH excluding ortho intramolecular Hbond substituents is 1. The topological polar surface area (TPSA) is 66.6 Å². The van der Waals surface area contributed by atoms with Crippen LogP contribution in [0.4, 0.5) is 5.69 Å². The summed E-state index contributed by atoms with van der Waals surface area (Å²) in [5.41, 5.74) is 6.51. The third-order valence-electron chi connectivity index (χ3n) is 2.84. The Kier molecular flexibility index (Phi) is 3.04. The van der Waals surface area contributed by atoms with E-state index >= 15 is 0 Å². The number of rotatable bonds is 4. The van der Waals surface area contributed by atoms with E-state index in [9.17, 15) is 9.90 Å². The molecule has 0 aromatic heterocycles. The van der Waals surface area contributed by atoms with Gasteiger partial charge < -0.3 is 15.7 Å². The molecular weight excluding hydrogens is 216 g/mol. The number of benzene rings is 1. The van der Waals surface area contributed by atoms with Crippen LogP contribution in [0.25, 0.3) is 0 Å². The first kappa shape index (κ1) is 11.5. The third-order valence-corrected chi connectivity index (χ3v) is 2.84. The molecule has 2 rings (SSSR count). The molecule has 17 heavy (non-hydrogen) atoms. The van der Waals surface area contributed by atoms with Crippen molar-refractivity contribution in [3.05, 3.63) is 36.4 Å². The van der Waals surface area contributed by atoms with Gasteiger partial charge in [0.05, 0.1) is 5.56 Å². The zero-order chi connectivity index (χ0) is 12.4. The van der Waals surface area contributed by atoms with Gasteiger partial charge in [-0.1, -0.05) is 6.08 Å². The van der Waals surface area contributed by atoms with Crippen LogP contribution in [0.2, 0.25) is 0 Å². The predicted octanol–water partition coefficient (Wildman–Crippen LogP) is 1.76. The van der Waals surface area contributed by atoms with Crippen LogP contribution in [0.15, 0.2) is 30.9 Å². The molecule has 0 aliphatic heterocycles. The number of hydrogen-bond acceptors (Lipinski definition) is 3. The van der Waals surface area contributed by atoms with Crippen LogP contribution in [-0.4, -0.2) is 28.5 Å². The molecule has 1 aliphatic carbocycles. The maximum Gasteiger partial charge on any atom is 0.256 e. The molecule has 0 heterocycles. The Bertz CT molecular complexity index is 453. The number of hydrogen-bond donors (Lipinski definition) is 2. The second kappa shape index (κ2) is 4.49. The largest absolute Gasteiger partial charge is 0.508 e. The summed E-state index contributed by atoms with van der Waals surface area (Å²) < 4.78 is 0. The van der Waals surface area contributed by atoms with E-state index in [-0.39, 0.29) is 11.7 Å². The molecule has 90 valence electrons. The minimum Gasteiger partial charge on any atom is -0.508 e. The van der Waals surface area contributed by atoms with E-state index in [4.69, 9.17) is 5.73 Å². The molecule has 3 N–H and O–H groups in total. The Balaban J connectivity index is 2.27. The van der Waals surface area contributed by atoms with Crippen molar-refractivity contribution in [1.82, 2.24) is 4.90 Å². The Hall–Kier alpha value is -1.97. The Labute approximate surface area is 100 Å². The first-order valence-corrected chi connectivity index (χ1v) is 5.64. The molecule has 1 aromatic carbocycles. The molecule has 0 saturated heterocycles. The number of amides is 1. The van der Waals surface area contributed by atoms with Crippen molar-refractivity contribution in [2.24, 2.45) is 0 Å². The van der Waals surface area contributed by atoms with Crippen molar-refractivity contribution in [3.63, 3.8) is 0 Å². The average Bonchev–Trinajstić information content (AvgIpc) is 3.12. The van der Waals surface area contributed by atoms with Crippen LogP contribution in [0.1, 0.15) is 23.2 Å². The number of carbonyl (C=O) groups excluding carboxylic acids is 1. The van der Waals surface area contributed by atoms with Crippen molar-refractivity contribution >= 4 is 11.6 Å². The predicted molar refractivity (Wildman–Crippen MR) is 66.8 cm³/mol. The van der Waals surface area contributed by atoms with E-state index in [0.29, 0.717) is 23.8 Å². The lowest BCUT2D eigenvalue weighted by molar-refractivity contribution is 0.0763. The van der Waals surface area contributed by atoms with Crippen molar-refractivity contribution in [3.8, 4) is 5.75 Å². The van der Waals surface area contributed by atoms with Crippen molar-refractivity contribution in [2.75, 3.05) is 12.3 Å². The second-order valence-corrected chi connectivity index (χ2v) is 4.25. The highest BCUT2D eigenvalue weighted by atomic mass is 16.3. The van der Waals surface area contributed by atoms with Gasteiger partial charge in [-0.2, -0.15) is 0 Å². The number of nitrogens with two attached hydrogens (primary N) is 1. The molecule has 0 unspecified atom stereocenters. The molecule has 1 aliphatic rings. The van der Waals surface area contributed by atoms with Gasteiger partial charge in [-0.25, -0.2) is 0 Å². The van der Waals surface area contributed by atoms with Crippen molar-refractivity contribution in [1.29, 1.82) is 0 Å². The minimum absolute atomic E-state index is 0.0527. The second-order valence-electron chi connectivity index (χ2n) is 4.25. The Morgan fingerprint density at radius 2 is 2.29 bits per heavy atom. The fourth-order valence-electron chi connectivity index (χ4n) is 1.81. The highest BCUT2D eigenvalue weighted by Crippen LogP contribution is 2.30. The number of carbonyl (C=O) groups is 1. The van der Waals surface area contributed by atoms with Crippen LogP contribution in [0.5, 0.6) is 5.75 Å². The first-order chi connectivity index (χ1) is 8.13. The minimum atomic E-state index is -0.138. The maximum absolute atomic E-state index is 12.3. The van der Waals surface area contributed by atoms with Gasteiger partial charge in [-0.3, -0.25) is 4.79 Å². The first-order valence-electron chi connectivity index (χ1n) is 5.64. The highest BCUT2D eigenvalue weighted by Gasteiger charge is 2.32. The fraction of sp³-hybridized carbons (Fsp3) is 0.308. The van der Waals surface area contributed by atoms with Crippen LogP contribution in [0, 0.1) is 0 Å². The molecule has 0 bridgehead atoms. The van der Waals surface area contributed by atoms with Crippen LogP contribution < -0.4 is 5.73 Å². The number of nitrogens with zero attached hydrogens (tertiary/aromatic N) is 1. The van der Waals surface area contributed by atoms with E-state index in [1.54, 1.807) is 17.0 Å². The van der Waals surface area contributed by atoms with Crippen LogP contribution >= 0.6 is 0 Å². The average molecular weight is 232 g/mol. The number of anilines is 1. The molecule has 1 fully saturated rings. The standard InChI is InChI=1S/C13H16N2O2/c1-2-7-15(9-3-4-9)13(17)11-8-10(16)5-6-12(11)14/h2,5-6,8-9,16H,1,3-4,7,14H2. The number of aromatic hydroxyl groups is 1. The summed E-state index contributed by atoms with van der Waals surface area (Å²) in [5.74, 6) is -0.0855. The summed E-state index contributed by atoms with van der Waals surface area (Å²) in [4.78, 5) is 14.0. The quantitative estimate of drug-likeness (QED) is 0.472.